The minimum atomic E-state index is -0.959. The molecule has 108 valence electrons. The number of aryl methyl sites for hydroxylation is 1. The van der Waals surface area contributed by atoms with E-state index >= 15 is 0 Å². The van der Waals surface area contributed by atoms with Gasteiger partial charge in [-0.3, -0.25) is 4.79 Å². The van der Waals surface area contributed by atoms with Crippen LogP contribution in [0.4, 0.5) is 0 Å². The van der Waals surface area contributed by atoms with Crippen molar-refractivity contribution in [2.75, 3.05) is 0 Å². The zero-order chi connectivity index (χ0) is 14.7. The molecule has 0 fully saturated rings. The first-order chi connectivity index (χ1) is 9.54. The number of hydrogen-bond donors (Lipinski definition) is 2. The molecule has 0 spiro atoms. The van der Waals surface area contributed by atoms with E-state index in [1.807, 2.05) is 38.1 Å². The summed E-state index contributed by atoms with van der Waals surface area (Å²) in [5, 5.41) is 12.0. The lowest BCUT2D eigenvalue weighted by Crippen LogP contribution is -2.46. The average molecular weight is 275 g/mol. The van der Waals surface area contributed by atoms with Crippen molar-refractivity contribution in [2.24, 2.45) is 5.92 Å². The van der Waals surface area contributed by atoms with Crippen molar-refractivity contribution in [3.63, 3.8) is 0 Å². The summed E-state index contributed by atoms with van der Waals surface area (Å²) >= 11 is 0. The second-order valence-corrected chi connectivity index (χ2v) is 5.50. The summed E-state index contributed by atoms with van der Waals surface area (Å²) < 4.78 is 0. The molecule has 3 unspecified atom stereocenters. The highest BCUT2D eigenvalue weighted by Crippen LogP contribution is 2.33. The van der Waals surface area contributed by atoms with Gasteiger partial charge in [-0.15, -0.1) is 0 Å². The van der Waals surface area contributed by atoms with E-state index < -0.39 is 12.0 Å². The molecule has 20 heavy (non-hydrogen) atoms. The third-order valence-electron chi connectivity index (χ3n) is 4.23. The Morgan fingerprint density at radius 1 is 1.40 bits per heavy atom. The Bertz CT molecular complexity index is 512. The number of rotatable bonds is 5. The molecule has 0 radical (unpaired) electrons. The van der Waals surface area contributed by atoms with Gasteiger partial charge in [0.1, 0.15) is 6.04 Å². The van der Waals surface area contributed by atoms with Gasteiger partial charge in [0.15, 0.2) is 0 Å². The molecule has 0 aliphatic heterocycles. The second kappa shape index (κ2) is 6.07. The van der Waals surface area contributed by atoms with E-state index in [4.69, 9.17) is 0 Å². The van der Waals surface area contributed by atoms with Crippen LogP contribution < -0.4 is 5.32 Å². The smallest absolute Gasteiger partial charge is 0.326 e. The first-order valence-electron chi connectivity index (χ1n) is 7.15. The molecule has 4 nitrogen and oxygen atoms in total. The molecule has 0 heterocycles. The maximum absolute atomic E-state index is 12.4. The quantitative estimate of drug-likeness (QED) is 0.866. The van der Waals surface area contributed by atoms with Crippen molar-refractivity contribution in [1.82, 2.24) is 5.32 Å². The van der Waals surface area contributed by atoms with E-state index in [1.54, 1.807) is 0 Å². The highest BCUT2D eigenvalue weighted by molar-refractivity contribution is 5.89. The fourth-order valence-electron chi connectivity index (χ4n) is 2.77. The summed E-state index contributed by atoms with van der Waals surface area (Å²) in [5.74, 6) is -1.41. The first-order valence-corrected chi connectivity index (χ1v) is 7.15. The van der Waals surface area contributed by atoms with Gasteiger partial charge in [0.2, 0.25) is 5.91 Å². The minimum absolute atomic E-state index is 0.0758. The predicted molar refractivity (Wildman–Crippen MR) is 76.5 cm³/mol. The van der Waals surface area contributed by atoms with Crippen LogP contribution in [0, 0.1) is 5.92 Å². The maximum Gasteiger partial charge on any atom is 0.326 e. The Kier molecular flexibility index (Phi) is 4.42. The number of nitrogens with one attached hydrogen (secondary N) is 1. The Morgan fingerprint density at radius 3 is 2.75 bits per heavy atom. The number of benzene rings is 1. The van der Waals surface area contributed by atoms with Gasteiger partial charge in [0, 0.05) is 0 Å². The molecule has 1 aliphatic carbocycles. The van der Waals surface area contributed by atoms with Crippen molar-refractivity contribution in [2.45, 2.75) is 45.1 Å². The van der Waals surface area contributed by atoms with Crippen LogP contribution >= 0.6 is 0 Å². The zero-order valence-corrected chi connectivity index (χ0v) is 11.9. The van der Waals surface area contributed by atoms with Crippen LogP contribution in [0.5, 0.6) is 0 Å². The van der Waals surface area contributed by atoms with Crippen LogP contribution in [0.1, 0.15) is 43.7 Å². The number of carboxylic acid groups (broad SMARTS) is 1. The summed E-state index contributed by atoms with van der Waals surface area (Å²) in [6, 6.07) is 7.09. The number of aliphatic carboxylic acids is 1. The third-order valence-corrected chi connectivity index (χ3v) is 4.23. The topological polar surface area (TPSA) is 66.4 Å². The highest BCUT2D eigenvalue weighted by Gasteiger charge is 2.32. The van der Waals surface area contributed by atoms with E-state index in [1.165, 1.54) is 5.56 Å². The van der Waals surface area contributed by atoms with Crippen molar-refractivity contribution in [1.29, 1.82) is 0 Å². The molecular weight excluding hydrogens is 254 g/mol. The number of carbonyl (C=O) groups is 2. The molecule has 0 saturated heterocycles. The maximum atomic E-state index is 12.4. The molecule has 3 atom stereocenters. The van der Waals surface area contributed by atoms with Gasteiger partial charge in [0.05, 0.1) is 5.92 Å². The minimum Gasteiger partial charge on any atom is -0.480 e. The molecule has 2 rings (SSSR count). The molecule has 0 saturated carbocycles. The van der Waals surface area contributed by atoms with Crippen molar-refractivity contribution >= 4 is 11.9 Å². The fraction of sp³-hybridized carbons (Fsp3) is 0.500. The monoisotopic (exact) mass is 275 g/mol. The number of carbonyl (C=O) groups excluding carboxylic acids is 1. The zero-order valence-electron chi connectivity index (χ0n) is 11.9. The number of fused-ring (bicyclic) bond motifs is 1. The van der Waals surface area contributed by atoms with Crippen LogP contribution in [0.15, 0.2) is 24.3 Å². The lowest BCUT2D eigenvalue weighted by Gasteiger charge is -2.22. The Hall–Kier alpha value is -1.84. The molecule has 1 aromatic carbocycles. The van der Waals surface area contributed by atoms with E-state index in [0.717, 1.165) is 24.8 Å². The van der Waals surface area contributed by atoms with Gasteiger partial charge < -0.3 is 10.4 Å². The summed E-state index contributed by atoms with van der Waals surface area (Å²) in [4.78, 5) is 23.6. The SMILES string of the molecule is CCC(C)C(NC(=O)C1CCc2ccccc21)C(=O)O. The van der Waals surface area contributed by atoms with Crippen LogP contribution in [-0.2, 0) is 16.0 Å². The Labute approximate surface area is 119 Å². The van der Waals surface area contributed by atoms with Crippen molar-refractivity contribution < 1.29 is 14.7 Å². The summed E-state index contributed by atoms with van der Waals surface area (Å²) in [5.41, 5.74) is 2.24. The van der Waals surface area contributed by atoms with Crippen LogP contribution in [0.25, 0.3) is 0 Å². The van der Waals surface area contributed by atoms with Gasteiger partial charge >= 0.3 is 5.97 Å². The highest BCUT2D eigenvalue weighted by atomic mass is 16.4. The van der Waals surface area contributed by atoms with Gasteiger partial charge in [-0.2, -0.15) is 0 Å². The van der Waals surface area contributed by atoms with Crippen molar-refractivity contribution in [3.8, 4) is 0 Å². The third kappa shape index (κ3) is 2.84. The molecular formula is C16H21NO3. The Balaban J connectivity index is 2.11. The molecule has 1 amide bonds. The van der Waals surface area contributed by atoms with E-state index in [0.29, 0.717) is 0 Å². The first kappa shape index (κ1) is 14.6. The lowest BCUT2D eigenvalue weighted by atomic mass is 9.96. The summed E-state index contributed by atoms with van der Waals surface area (Å²) in [7, 11) is 0. The number of amides is 1. The van der Waals surface area contributed by atoms with Crippen molar-refractivity contribution in [3.05, 3.63) is 35.4 Å². The normalized spacial score (nSPS) is 20.0. The van der Waals surface area contributed by atoms with Crippen LogP contribution in [0.2, 0.25) is 0 Å². The van der Waals surface area contributed by atoms with E-state index in [2.05, 4.69) is 5.32 Å². The standard InChI is InChI=1S/C16H21NO3/c1-3-10(2)14(16(19)20)17-15(18)13-9-8-11-6-4-5-7-12(11)13/h4-7,10,13-14H,3,8-9H2,1-2H3,(H,17,18)(H,19,20). The summed E-state index contributed by atoms with van der Waals surface area (Å²) in [6.45, 7) is 3.78. The average Bonchev–Trinajstić information content (AvgIpc) is 2.87. The Morgan fingerprint density at radius 2 is 2.10 bits per heavy atom. The predicted octanol–water partition coefficient (Wildman–Crippen LogP) is 2.33. The van der Waals surface area contributed by atoms with Gasteiger partial charge in [-0.1, -0.05) is 44.5 Å². The number of hydrogen-bond acceptors (Lipinski definition) is 2. The number of carboxylic acids is 1. The molecule has 4 heteroatoms. The lowest BCUT2D eigenvalue weighted by molar-refractivity contribution is -0.143. The molecule has 2 N–H and O–H groups in total. The van der Waals surface area contributed by atoms with Crippen LogP contribution in [0.3, 0.4) is 0 Å². The van der Waals surface area contributed by atoms with Gasteiger partial charge in [-0.25, -0.2) is 4.79 Å². The second-order valence-electron chi connectivity index (χ2n) is 5.50. The molecule has 1 aromatic rings. The van der Waals surface area contributed by atoms with Gasteiger partial charge in [-0.05, 0) is 29.9 Å². The fourth-order valence-corrected chi connectivity index (χ4v) is 2.77. The largest absolute Gasteiger partial charge is 0.480 e. The van der Waals surface area contributed by atoms with E-state index in [9.17, 15) is 14.7 Å². The molecule has 0 aromatic heterocycles. The van der Waals surface area contributed by atoms with E-state index in [-0.39, 0.29) is 17.7 Å². The van der Waals surface area contributed by atoms with Crippen LogP contribution in [-0.4, -0.2) is 23.0 Å². The molecule has 1 aliphatic rings. The van der Waals surface area contributed by atoms with Gasteiger partial charge in [0.25, 0.3) is 0 Å². The molecule has 0 bridgehead atoms. The summed E-state index contributed by atoms with van der Waals surface area (Å²) in [6.07, 6.45) is 2.37.